The van der Waals surface area contributed by atoms with Crippen LogP contribution < -0.4 is 10.5 Å². The number of methoxy groups -OCH3 is 1. The average molecular weight is 387 g/mol. The van der Waals surface area contributed by atoms with Crippen LogP contribution in [-0.2, 0) is 14.2 Å². The van der Waals surface area contributed by atoms with Crippen LogP contribution >= 0.6 is 0 Å². The van der Waals surface area contributed by atoms with Crippen molar-refractivity contribution >= 4 is 17.0 Å². The van der Waals surface area contributed by atoms with Gasteiger partial charge in [-0.25, -0.2) is 15.0 Å². The fourth-order valence-electron chi connectivity index (χ4n) is 3.21. The molecule has 1 fully saturated rings. The molecule has 2 aromatic heterocycles. The lowest BCUT2D eigenvalue weighted by Gasteiger charge is -2.20. The molecular formula is C18H21N5O5. The largest absolute Gasteiger partial charge is 0.468 e. The van der Waals surface area contributed by atoms with Crippen LogP contribution in [0, 0.1) is 0 Å². The highest BCUT2D eigenvalue weighted by Crippen LogP contribution is 2.33. The summed E-state index contributed by atoms with van der Waals surface area (Å²) in [7, 11) is 1.56. The van der Waals surface area contributed by atoms with E-state index >= 15 is 0 Å². The van der Waals surface area contributed by atoms with Crippen LogP contribution in [0.15, 0.2) is 43.0 Å². The van der Waals surface area contributed by atoms with Crippen molar-refractivity contribution in [3.05, 3.63) is 43.0 Å². The van der Waals surface area contributed by atoms with Gasteiger partial charge in [0.2, 0.25) is 0 Å². The molecule has 0 radical (unpaired) electrons. The van der Waals surface area contributed by atoms with Crippen LogP contribution in [0.4, 0.5) is 5.82 Å². The Balaban J connectivity index is 1.51. The summed E-state index contributed by atoms with van der Waals surface area (Å²) < 4.78 is 24.2. The van der Waals surface area contributed by atoms with E-state index in [0.717, 1.165) is 0 Å². The maximum atomic E-state index is 10.9. The summed E-state index contributed by atoms with van der Waals surface area (Å²) in [5.41, 5.74) is 6.74. The van der Waals surface area contributed by atoms with E-state index in [1.54, 1.807) is 11.7 Å². The smallest absolute Gasteiger partial charge is 0.189 e. The van der Waals surface area contributed by atoms with Crippen LogP contribution in [0.3, 0.4) is 0 Å². The predicted molar refractivity (Wildman–Crippen MR) is 98.3 cm³/mol. The van der Waals surface area contributed by atoms with Crippen molar-refractivity contribution in [1.82, 2.24) is 19.5 Å². The van der Waals surface area contributed by atoms with Gasteiger partial charge in [0.25, 0.3) is 0 Å². The second-order valence-corrected chi connectivity index (χ2v) is 6.30. The number of aliphatic hydroxyl groups excluding tert-OH is 1. The van der Waals surface area contributed by atoms with E-state index in [9.17, 15) is 5.11 Å². The molecule has 3 N–H and O–H groups in total. The van der Waals surface area contributed by atoms with Gasteiger partial charge in [0.1, 0.15) is 35.9 Å². The molecule has 1 aliphatic heterocycles. The predicted octanol–water partition coefficient (Wildman–Crippen LogP) is 0.735. The van der Waals surface area contributed by atoms with Gasteiger partial charge in [0.15, 0.2) is 24.5 Å². The Morgan fingerprint density at radius 3 is 2.82 bits per heavy atom. The van der Waals surface area contributed by atoms with Gasteiger partial charge in [-0.2, -0.15) is 0 Å². The topological polar surface area (TPSA) is 127 Å². The van der Waals surface area contributed by atoms with Crippen molar-refractivity contribution in [3.63, 3.8) is 0 Å². The minimum absolute atomic E-state index is 0.0399. The fraction of sp³-hybridized carbons (Fsp3) is 0.389. The third kappa shape index (κ3) is 3.50. The van der Waals surface area contributed by atoms with E-state index in [-0.39, 0.29) is 19.2 Å². The number of aromatic nitrogens is 4. The highest BCUT2D eigenvalue weighted by molar-refractivity contribution is 5.81. The van der Waals surface area contributed by atoms with E-state index in [1.807, 2.05) is 30.3 Å². The first-order valence-corrected chi connectivity index (χ1v) is 8.74. The average Bonchev–Trinajstić information content (AvgIpc) is 3.26. The molecule has 1 saturated heterocycles. The van der Waals surface area contributed by atoms with Crippen LogP contribution in [0.5, 0.6) is 5.75 Å². The van der Waals surface area contributed by atoms with Crippen LogP contribution in [0.1, 0.15) is 6.23 Å². The summed E-state index contributed by atoms with van der Waals surface area (Å²) in [6.45, 7) is 0.204. The molecule has 4 rings (SSSR count). The Morgan fingerprint density at radius 2 is 2.04 bits per heavy atom. The molecule has 28 heavy (non-hydrogen) atoms. The molecule has 0 saturated carbocycles. The molecule has 10 nitrogen and oxygen atoms in total. The Kier molecular flexibility index (Phi) is 5.35. The molecule has 1 aliphatic rings. The summed E-state index contributed by atoms with van der Waals surface area (Å²) in [6, 6.07) is 9.27. The number of benzene rings is 1. The summed E-state index contributed by atoms with van der Waals surface area (Å²) in [5, 5.41) is 10.9. The van der Waals surface area contributed by atoms with Gasteiger partial charge in [-0.1, -0.05) is 18.2 Å². The summed E-state index contributed by atoms with van der Waals surface area (Å²) >= 11 is 0. The molecule has 3 aromatic rings. The quantitative estimate of drug-likeness (QED) is 0.564. The Bertz CT molecular complexity index is 921. The number of ether oxygens (including phenoxy) is 4. The van der Waals surface area contributed by atoms with Gasteiger partial charge < -0.3 is 29.8 Å². The number of para-hydroxylation sites is 1. The molecule has 4 unspecified atom stereocenters. The van der Waals surface area contributed by atoms with Gasteiger partial charge in [0, 0.05) is 7.11 Å². The molecule has 10 heteroatoms. The number of nitrogens with two attached hydrogens (primary N) is 1. The Hall–Kier alpha value is -2.79. The van der Waals surface area contributed by atoms with Gasteiger partial charge >= 0.3 is 0 Å². The minimum Gasteiger partial charge on any atom is -0.468 e. The molecule has 1 aromatic carbocycles. The molecular weight excluding hydrogens is 366 g/mol. The highest BCUT2D eigenvalue weighted by atomic mass is 16.7. The normalized spacial score (nSPS) is 24.6. The lowest BCUT2D eigenvalue weighted by Crippen LogP contribution is -2.37. The minimum atomic E-state index is -0.992. The molecule has 3 heterocycles. The van der Waals surface area contributed by atoms with E-state index in [1.165, 1.54) is 12.7 Å². The zero-order chi connectivity index (χ0) is 19.5. The highest BCUT2D eigenvalue weighted by Gasteiger charge is 2.46. The van der Waals surface area contributed by atoms with Crippen molar-refractivity contribution in [2.24, 2.45) is 0 Å². The molecule has 0 bridgehead atoms. The number of nitrogens with zero attached hydrogens (tertiary/aromatic N) is 4. The number of aliphatic hydroxyl groups is 1. The monoisotopic (exact) mass is 387 g/mol. The van der Waals surface area contributed by atoms with Crippen molar-refractivity contribution in [3.8, 4) is 5.75 Å². The molecule has 4 atom stereocenters. The van der Waals surface area contributed by atoms with Crippen molar-refractivity contribution in [2.45, 2.75) is 24.5 Å². The van der Waals surface area contributed by atoms with Crippen LogP contribution in [0.2, 0.25) is 0 Å². The Morgan fingerprint density at radius 1 is 1.21 bits per heavy atom. The standard InChI is InChI=1S/C18H21N5O5/c1-25-7-12-15(27-10-26-11-5-3-2-4-6-11)14(24)18(28-12)23-9-22-13-16(19)20-8-21-17(13)23/h2-6,8-9,12,14-15,18,24H,7,10H2,1H3,(H2,19,20,21). The van der Waals surface area contributed by atoms with Crippen LogP contribution in [0.25, 0.3) is 11.2 Å². The zero-order valence-corrected chi connectivity index (χ0v) is 15.2. The second-order valence-electron chi connectivity index (χ2n) is 6.30. The first kappa shape index (κ1) is 18.6. The number of imidazole rings is 1. The van der Waals surface area contributed by atoms with Crippen molar-refractivity contribution in [1.29, 1.82) is 0 Å². The van der Waals surface area contributed by atoms with Gasteiger partial charge in [-0.15, -0.1) is 0 Å². The summed E-state index contributed by atoms with van der Waals surface area (Å²) in [5.74, 6) is 0.928. The van der Waals surface area contributed by atoms with E-state index < -0.39 is 24.5 Å². The number of rotatable bonds is 7. The number of hydrogen-bond acceptors (Lipinski definition) is 9. The lowest BCUT2D eigenvalue weighted by atomic mass is 10.1. The first-order chi connectivity index (χ1) is 13.7. The van der Waals surface area contributed by atoms with E-state index in [2.05, 4.69) is 15.0 Å². The maximum absolute atomic E-state index is 10.9. The number of hydrogen-bond donors (Lipinski definition) is 2. The number of fused-ring (bicyclic) bond motifs is 1. The van der Waals surface area contributed by atoms with Crippen LogP contribution in [-0.4, -0.2) is 63.4 Å². The molecule has 0 spiro atoms. The summed E-state index contributed by atoms with van der Waals surface area (Å²) in [4.78, 5) is 12.3. The third-order valence-electron chi connectivity index (χ3n) is 4.53. The third-order valence-corrected chi connectivity index (χ3v) is 4.53. The maximum Gasteiger partial charge on any atom is 0.189 e. The fourth-order valence-corrected chi connectivity index (χ4v) is 3.21. The summed E-state index contributed by atoms with van der Waals surface area (Å²) in [6.07, 6.45) is -0.0671. The van der Waals surface area contributed by atoms with Gasteiger partial charge in [-0.05, 0) is 12.1 Å². The van der Waals surface area contributed by atoms with Crippen molar-refractivity contribution < 1.29 is 24.1 Å². The van der Waals surface area contributed by atoms with Crippen molar-refractivity contribution in [2.75, 3.05) is 26.2 Å². The number of anilines is 1. The Labute approximate surface area is 160 Å². The lowest BCUT2D eigenvalue weighted by molar-refractivity contribution is -0.102. The zero-order valence-electron chi connectivity index (χ0n) is 15.2. The van der Waals surface area contributed by atoms with E-state index in [4.69, 9.17) is 24.7 Å². The number of nitrogen functional groups attached to an aromatic ring is 1. The molecule has 148 valence electrons. The molecule has 0 amide bonds. The van der Waals surface area contributed by atoms with E-state index in [0.29, 0.717) is 16.9 Å². The van der Waals surface area contributed by atoms with Gasteiger partial charge in [-0.3, -0.25) is 4.57 Å². The SMILES string of the molecule is COCC1OC(n2cnc3c(N)ncnc32)C(O)C1OCOc1ccccc1. The molecule has 0 aliphatic carbocycles. The first-order valence-electron chi connectivity index (χ1n) is 8.74. The second kappa shape index (κ2) is 8.07. The van der Waals surface area contributed by atoms with Gasteiger partial charge in [0.05, 0.1) is 12.9 Å².